The third kappa shape index (κ3) is 3.86. The Morgan fingerprint density at radius 1 is 1.24 bits per heavy atom. The first-order valence-electron chi connectivity index (χ1n) is 5.43. The molecule has 0 saturated carbocycles. The second kappa shape index (κ2) is 6.49. The summed E-state index contributed by atoms with van der Waals surface area (Å²) in [5, 5.41) is 0.389. The molecular weight excluding hydrogens is 447 g/mol. The number of sulfonamides is 1. The molecule has 21 heavy (non-hydrogen) atoms. The molecule has 4 N–H and O–H groups in total. The number of pyridine rings is 1. The molecule has 1 heterocycles. The van der Waals surface area contributed by atoms with Gasteiger partial charge in [-0.1, -0.05) is 11.6 Å². The molecule has 112 valence electrons. The molecule has 0 fully saturated rings. The highest BCUT2D eigenvalue weighted by Crippen LogP contribution is 2.28. The first-order valence-corrected chi connectivity index (χ1v) is 8.88. The van der Waals surface area contributed by atoms with Crippen molar-refractivity contribution in [1.29, 1.82) is 0 Å². The lowest BCUT2D eigenvalue weighted by molar-refractivity contribution is 0.601. The van der Waals surface area contributed by atoms with E-state index in [0.29, 0.717) is 19.7 Å². The van der Waals surface area contributed by atoms with Crippen molar-refractivity contribution in [3.63, 3.8) is 0 Å². The number of hydrogen-bond acceptors (Lipinski definition) is 5. The van der Waals surface area contributed by atoms with Crippen LogP contribution in [0.5, 0.6) is 0 Å². The van der Waals surface area contributed by atoms with Gasteiger partial charge in [-0.2, -0.15) is 0 Å². The van der Waals surface area contributed by atoms with Crippen molar-refractivity contribution >= 4 is 65.0 Å². The summed E-state index contributed by atoms with van der Waals surface area (Å²) in [5.41, 5.74) is 2.58. The normalized spacial score (nSPS) is 11.2. The van der Waals surface area contributed by atoms with Gasteiger partial charge in [0.25, 0.3) is 10.0 Å². The summed E-state index contributed by atoms with van der Waals surface area (Å²) in [5.74, 6) is 5.32. The Bertz CT molecular complexity index is 786. The highest BCUT2D eigenvalue weighted by Gasteiger charge is 2.20. The number of benzene rings is 1. The number of halogens is 3. The van der Waals surface area contributed by atoms with Gasteiger partial charge in [0.2, 0.25) is 0 Å². The Balaban J connectivity index is 2.42. The fraction of sp³-hybridized carbons (Fsp3) is 0. The highest BCUT2D eigenvalue weighted by atomic mass is 79.9. The second-order valence-corrected chi connectivity index (χ2v) is 7.71. The predicted molar refractivity (Wildman–Crippen MR) is 89.7 cm³/mol. The van der Waals surface area contributed by atoms with E-state index in [1.54, 1.807) is 12.1 Å². The zero-order valence-corrected chi connectivity index (χ0v) is 15.0. The number of nitrogens with zero attached hydrogens (tertiary/aromatic N) is 1. The van der Waals surface area contributed by atoms with Gasteiger partial charge in [-0.05, 0) is 56.1 Å². The van der Waals surface area contributed by atoms with Gasteiger partial charge in [0.05, 0.1) is 10.7 Å². The second-order valence-electron chi connectivity index (χ2n) is 3.88. The van der Waals surface area contributed by atoms with Crippen LogP contribution in [0, 0.1) is 0 Å². The van der Waals surface area contributed by atoms with Gasteiger partial charge in [-0.3, -0.25) is 4.72 Å². The zero-order chi connectivity index (χ0) is 15.6. The molecule has 1 aromatic heterocycles. The van der Waals surface area contributed by atoms with Crippen molar-refractivity contribution in [3.8, 4) is 0 Å². The minimum Gasteiger partial charge on any atom is -0.307 e. The molecule has 1 aromatic carbocycles. The van der Waals surface area contributed by atoms with Gasteiger partial charge in [-0.15, -0.1) is 0 Å². The minimum atomic E-state index is -3.87. The average Bonchev–Trinajstić information content (AvgIpc) is 2.42. The molecule has 0 aliphatic rings. The van der Waals surface area contributed by atoms with E-state index >= 15 is 0 Å². The molecule has 0 saturated heterocycles. The van der Waals surface area contributed by atoms with Crippen LogP contribution in [0.3, 0.4) is 0 Å². The molecule has 2 rings (SSSR count). The standard InChI is InChI=1S/C11H9Br2ClN4O2S/c12-6-3-10(11(17-15)16-5-6)21(19,20)18-7-1-2-8(13)9(14)4-7/h1-5,18H,15H2,(H,16,17). The molecule has 0 aliphatic carbocycles. The molecule has 6 nitrogen and oxygen atoms in total. The molecule has 0 amide bonds. The first kappa shape index (κ1) is 16.5. The number of anilines is 2. The summed E-state index contributed by atoms with van der Waals surface area (Å²) in [4.78, 5) is 3.82. The van der Waals surface area contributed by atoms with Crippen LogP contribution in [0.1, 0.15) is 0 Å². The van der Waals surface area contributed by atoms with Crippen molar-refractivity contribution in [2.75, 3.05) is 10.1 Å². The van der Waals surface area contributed by atoms with Crippen LogP contribution in [0.4, 0.5) is 11.5 Å². The number of hydrazine groups is 1. The van der Waals surface area contributed by atoms with Crippen LogP contribution in [0.25, 0.3) is 0 Å². The lowest BCUT2D eigenvalue weighted by Gasteiger charge is -2.12. The molecule has 0 bridgehead atoms. The third-order valence-electron chi connectivity index (χ3n) is 2.42. The molecule has 0 unspecified atom stereocenters. The maximum atomic E-state index is 12.4. The van der Waals surface area contributed by atoms with E-state index in [-0.39, 0.29) is 10.7 Å². The Morgan fingerprint density at radius 2 is 1.95 bits per heavy atom. The average molecular weight is 457 g/mol. The maximum absolute atomic E-state index is 12.4. The molecule has 0 atom stereocenters. The van der Waals surface area contributed by atoms with Crippen molar-refractivity contribution in [2.45, 2.75) is 4.90 Å². The maximum Gasteiger partial charge on any atom is 0.265 e. The molecule has 2 aromatic rings. The van der Waals surface area contributed by atoms with Crippen LogP contribution in [-0.4, -0.2) is 13.4 Å². The van der Waals surface area contributed by atoms with Crippen LogP contribution in [0.2, 0.25) is 5.02 Å². The van der Waals surface area contributed by atoms with E-state index < -0.39 is 10.0 Å². The summed E-state index contributed by atoms with van der Waals surface area (Å²) in [6.07, 6.45) is 1.44. The Labute approximate surface area is 143 Å². The Hall–Kier alpha value is -0.870. The lowest BCUT2D eigenvalue weighted by atomic mass is 10.3. The fourth-order valence-electron chi connectivity index (χ4n) is 1.50. The number of nitrogen functional groups attached to an aromatic ring is 1. The number of nitrogens with one attached hydrogen (secondary N) is 2. The quantitative estimate of drug-likeness (QED) is 0.484. The van der Waals surface area contributed by atoms with E-state index in [1.807, 2.05) is 0 Å². The molecule has 0 spiro atoms. The van der Waals surface area contributed by atoms with E-state index in [1.165, 1.54) is 18.3 Å². The first-order chi connectivity index (χ1) is 9.83. The van der Waals surface area contributed by atoms with Crippen LogP contribution in [0.15, 0.2) is 44.3 Å². The summed E-state index contributed by atoms with van der Waals surface area (Å²) in [6.45, 7) is 0. The van der Waals surface area contributed by atoms with E-state index in [4.69, 9.17) is 17.4 Å². The predicted octanol–water partition coefficient (Wildman–Crippen LogP) is 3.35. The Kier molecular flexibility index (Phi) is 5.10. The number of hydrogen-bond donors (Lipinski definition) is 3. The lowest BCUT2D eigenvalue weighted by Crippen LogP contribution is -2.18. The van der Waals surface area contributed by atoms with Gasteiger partial charge in [0.1, 0.15) is 4.90 Å². The van der Waals surface area contributed by atoms with Crippen molar-refractivity contribution in [1.82, 2.24) is 4.98 Å². The van der Waals surface area contributed by atoms with Gasteiger partial charge in [-0.25, -0.2) is 19.2 Å². The minimum absolute atomic E-state index is 0.0360. The number of rotatable bonds is 4. The van der Waals surface area contributed by atoms with Gasteiger partial charge in [0, 0.05) is 15.1 Å². The van der Waals surface area contributed by atoms with Crippen molar-refractivity contribution in [3.05, 3.63) is 44.4 Å². The summed E-state index contributed by atoms with van der Waals surface area (Å²) in [6, 6.07) is 6.10. The van der Waals surface area contributed by atoms with E-state index in [2.05, 4.69) is 47.0 Å². The van der Waals surface area contributed by atoms with Crippen molar-refractivity contribution in [2.24, 2.45) is 5.84 Å². The highest BCUT2D eigenvalue weighted by molar-refractivity contribution is 9.10. The van der Waals surface area contributed by atoms with Crippen LogP contribution in [-0.2, 0) is 10.0 Å². The molecule has 0 aliphatic heterocycles. The van der Waals surface area contributed by atoms with Crippen molar-refractivity contribution < 1.29 is 8.42 Å². The van der Waals surface area contributed by atoms with E-state index in [0.717, 1.165) is 0 Å². The van der Waals surface area contributed by atoms with Gasteiger partial charge < -0.3 is 5.43 Å². The largest absolute Gasteiger partial charge is 0.307 e. The van der Waals surface area contributed by atoms with Crippen LogP contribution >= 0.6 is 43.5 Å². The molecule has 10 heteroatoms. The van der Waals surface area contributed by atoms with Crippen LogP contribution < -0.4 is 16.0 Å². The zero-order valence-electron chi connectivity index (χ0n) is 10.3. The van der Waals surface area contributed by atoms with Gasteiger partial charge in [0.15, 0.2) is 5.82 Å². The fourth-order valence-corrected chi connectivity index (χ4v) is 3.61. The summed E-state index contributed by atoms with van der Waals surface area (Å²) >= 11 is 12.3. The Morgan fingerprint density at radius 3 is 2.57 bits per heavy atom. The SMILES string of the molecule is NNc1ncc(Br)cc1S(=O)(=O)Nc1ccc(Br)c(Cl)c1. The topological polar surface area (TPSA) is 97.1 Å². The number of nitrogens with two attached hydrogens (primary N) is 1. The smallest absolute Gasteiger partial charge is 0.265 e. The summed E-state index contributed by atoms with van der Waals surface area (Å²) in [7, 11) is -3.87. The third-order valence-corrected chi connectivity index (χ3v) is 5.48. The van der Waals surface area contributed by atoms with Gasteiger partial charge >= 0.3 is 0 Å². The monoisotopic (exact) mass is 454 g/mol. The molecular formula is C11H9Br2ClN4O2S. The number of aromatic nitrogens is 1. The summed E-state index contributed by atoms with van der Waals surface area (Å²) < 4.78 is 28.4. The van der Waals surface area contributed by atoms with E-state index in [9.17, 15) is 8.42 Å². The molecule has 0 radical (unpaired) electrons.